The molecule has 6 heteroatoms. The van der Waals surface area contributed by atoms with Crippen LogP contribution in [0.15, 0.2) is 54.6 Å². The third-order valence-corrected chi connectivity index (χ3v) is 5.28. The molecule has 0 bridgehead atoms. The minimum atomic E-state index is -0.141. The Balaban J connectivity index is 1.35. The lowest BCUT2D eigenvalue weighted by molar-refractivity contribution is -0.123. The molecule has 3 rings (SSSR count). The van der Waals surface area contributed by atoms with Crippen molar-refractivity contribution < 1.29 is 14.3 Å². The molecule has 2 aromatic rings. The minimum absolute atomic E-state index is 0.0270. The molecule has 0 unspecified atom stereocenters. The smallest absolute Gasteiger partial charge is 0.257 e. The fourth-order valence-corrected chi connectivity index (χ4v) is 3.71. The van der Waals surface area contributed by atoms with E-state index in [9.17, 15) is 9.59 Å². The first-order valence-electron chi connectivity index (χ1n) is 9.14. The van der Waals surface area contributed by atoms with E-state index >= 15 is 0 Å². The van der Waals surface area contributed by atoms with Crippen LogP contribution in [0.1, 0.15) is 18.4 Å². The van der Waals surface area contributed by atoms with Crippen LogP contribution in [0.4, 0.5) is 5.69 Å². The number of carbonyl (C=O) groups is 2. The van der Waals surface area contributed by atoms with E-state index in [1.165, 1.54) is 5.56 Å². The van der Waals surface area contributed by atoms with Gasteiger partial charge in [0.05, 0.1) is 0 Å². The van der Waals surface area contributed by atoms with Gasteiger partial charge in [0, 0.05) is 42.8 Å². The number of nitrogens with one attached hydrogen (secondary N) is 1. The summed E-state index contributed by atoms with van der Waals surface area (Å²) in [6, 6.07) is 17.6. The van der Waals surface area contributed by atoms with E-state index < -0.39 is 0 Å². The number of hydrogen-bond acceptors (Lipinski definition) is 4. The molecular formula is C21H24N2O3S. The van der Waals surface area contributed by atoms with Crippen LogP contribution in [-0.4, -0.2) is 37.3 Å². The van der Waals surface area contributed by atoms with Crippen molar-refractivity contribution in [2.75, 3.05) is 30.3 Å². The molecular weight excluding hydrogens is 360 g/mol. The van der Waals surface area contributed by atoms with Crippen LogP contribution in [0.25, 0.3) is 0 Å². The van der Waals surface area contributed by atoms with E-state index in [1.807, 2.05) is 36.4 Å². The molecule has 0 atom stereocenters. The molecule has 0 aliphatic carbocycles. The second-order valence-electron chi connectivity index (χ2n) is 6.32. The number of hydrogen-bond donors (Lipinski definition) is 1. The van der Waals surface area contributed by atoms with E-state index in [2.05, 4.69) is 17.4 Å². The second kappa shape index (κ2) is 10.0. The van der Waals surface area contributed by atoms with Crippen molar-refractivity contribution in [3.63, 3.8) is 0 Å². The molecule has 2 amide bonds. The lowest BCUT2D eigenvalue weighted by atomic mass is 10.2. The highest BCUT2D eigenvalue weighted by Crippen LogP contribution is 2.25. The third kappa shape index (κ3) is 6.03. The van der Waals surface area contributed by atoms with Gasteiger partial charge in [-0.2, -0.15) is 11.8 Å². The summed E-state index contributed by atoms with van der Waals surface area (Å²) in [7, 11) is 0. The molecule has 5 nitrogen and oxygen atoms in total. The zero-order chi connectivity index (χ0) is 18.9. The summed E-state index contributed by atoms with van der Waals surface area (Å²) in [5.74, 6) is 2.39. The largest absolute Gasteiger partial charge is 0.484 e. The number of amides is 2. The lowest BCUT2D eigenvalue weighted by Gasteiger charge is -2.16. The van der Waals surface area contributed by atoms with Crippen LogP contribution in [0.3, 0.4) is 0 Å². The van der Waals surface area contributed by atoms with E-state index in [4.69, 9.17) is 4.74 Å². The quantitative estimate of drug-likeness (QED) is 0.675. The van der Waals surface area contributed by atoms with Crippen molar-refractivity contribution in [3.8, 4) is 5.75 Å². The topological polar surface area (TPSA) is 58.6 Å². The summed E-state index contributed by atoms with van der Waals surface area (Å²) in [6.45, 7) is 1.33. The molecule has 27 heavy (non-hydrogen) atoms. The standard InChI is InChI=1S/C21H24N2O3S/c24-20(22-11-13-27-16-17-6-2-1-3-7-17)15-26-19-9-4-8-18(14-19)23-12-5-10-21(23)25/h1-4,6-9,14H,5,10-13,15-16H2,(H,22,24). The van der Waals surface area contributed by atoms with Gasteiger partial charge in [-0.15, -0.1) is 0 Å². The van der Waals surface area contributed by atoms with Gasteiger partial charge in [-0.3, -0.25) is 9.59 Å². The van der Waals surface area contributed by atoms with Crippen molar-refractivity contribution in [1.29, 1.82) is 0 Å². The third-order valence-electron chi connectivity index (χ3n) is 4.25. The van der Waals surface area contributed by atoms with Gasteiger partial charge in [0.25, 0.3) is 5.91 Å². The Bertz CT molecular complexity index is 767. The lowest BCUT2D eigenvalue weighted by Crippen LogP contribution is -2.30. The summed E-state index contributed by atoms with van der Waals surface area (Å²) < 4.78 is 5.57. The Morgan fingerprint density at radius 2 is 2.00 bits per heavy atom. The molecule has 1 aliphatic rings. The van der Waals surface area contributed by atoms with Crippen LogP contribution in [-0.2, 0) is 15.3 Å². The zero-order valence-electron chi connectivity index (χ0n) is 15.2. The first kappa shape index (κ1) is 19.3. The first-order valence-corrected chi connectivity index (χ1v) is 10.3. The predicted molar refractivity (Wildman–Crippen MR) is 109 cm³/mol. The highest BCUT2D eigenvalue weighted by atomic mass is 32.2. The average Bonchev–Trinajstić information content (AvgIpc) is 3.13. The molecule has 142 valence electrons. The summed E-state index contributed by atoms with van der Waals surface area (Å²) >= 11 is 1.79. The van der Waals surface area contributed by atoms with E-state index in [0.717, 1.165) is 30.2 Å². The molecule has 0 aromatic heterocycles. The maximum absolute atomic E-state index is 11.9. The maximum atomic E-state index is 11.9. The zero-order valence-corrected chi connectivity index (χ0v) is 16.0. The maximum Gasteiger partial charge on any atom is 0.257 e. The summed E-state index contributed by atoms with van der Waals surface area (Å²) in [4.78, 5) is 25.5. The monoisotopic (exact) mass is 384 g/mol. The van der Waals surface area contributed by atoms with Crippen LogP contribution >= 0.6 is 11.8 Å². The van der Waals surface area contributed by atoms with Gasteiger partial charge in [-0.1, -0.05) is 36.4 Å². The highest BCUT2D eigenvalue weighted by molar-refractivity contribution is 7.98. The Hall–Kier alpha value is -2.47. The van der Waals surface area contributed by atoms with Gasteiger partial charge in [-0.05, 0) is 24.1 Å². The number of nitrogens with zero attached hydrogens (tertiary/aromatic N) is 1. The Morgan fingerprint density at radius 3 is 2.78 bits per heavy atom. The number of carbonyl (C=O) groups excluding carboxylic acids is 2. The van der Waals surface area contributed by atoms with Crippen LogP contribution in [0.5, 0.6) is 5.75 Å². The predicted octanol–water partition coefficient (Wildman–Crippen LogP) is 3.24. The van der Waals surface area contributed by atoms with Crippen LogP contribution in [0, 0.1) is 0 Å². The Morgan fingerprint density at radius 1 is 1.15 bits per heavy atom. The van der Waals surface area contributed by atoms with Gasteiger partial charge in [0.15, 0.2) is 6.61 Å². The second-order valence-corrected chi connectivity index (χ2v) is 7.43. The van der Waals surface area contributed by atoms with Gasteiger partial charge < -0.3 is 15.0 Å². The van der Waals surface area contributed by atoms with Crippen molar-refractivity contribution in [1.82, 2.24) is 5.32 Å². The first-order chi connectivity index (χ1) is 13.2. The highest BCUT2D eigenvalue weighted by Gasteiger charge is 2.21. The molecule has 0 saturated carbocycles. The molecule has 1 fully saturated rings. The average molecular weight is 385 g/mol. The van der Waals surface area contributed by atoms with Gasteiger partial charge >= 0.3 is 0 Å². The molecule has 1 N–H and O–H groups in total. The molecule has 1 heterocycles. The SMILES string of the molecule is O=C(COc1cccc(N2CCCC2=O)c1)NCCSCc1ccccc1. The fourth-order valence-electron chi connectivity index (χ4n) is 2.89. The Labute approximate surface area is 164 Å². The summed E-state index contributed by atoms with van der Waals surface area (Å²) in [5, 5.41) is 2.87. The molecule has 1 aliphatic heterocycles. The minimum Gasteiger partial charge on any atom is -0.484 e. The Kier molecular flexibility index (Phi) is 7.16. The van der Waals surface area contributed by atoms with Crippen molar-refractivity contribution in [2.45, 2.75) is 18.6 Å². The van der Waals surface area contributed by atoms with E-state index in [1.54, 1.807) is 22.7 Å². The number of benzene rings is 2. The van der Waals surface area contributed by atoms with Crippen molar-refractivity contribution in [3.05, 3.63) is 60.2 Å². The molecule has 1 saturated heterocycles. The number of ether oxygens (including phenoxy) is 1. The summed E-state index contributed by atoms with van der Waals surface area (Å²) in [6.07, 6.45) is 1.48. The number of rotatable bonds is 9. The summed E-state index contributed by atoms with van der Waals surface area (Å²) in [5.41, 5.74) is 2.11. The molecule has 0 radical (unpaired) electrons. The van der Waals surface area contributed by atoms with Gasteiger partial charge in [0.2, 0.25) is 5.91 Å². The van der Waals surface area contributed by atoms with Crippen LogP contribution < -0.4 is 15.0 Å². The number of anilines is 1. The van der Waals surface area contributed by atoms with Gasteiger partial charge in [0.1, 0.15) is 5.75 Å². The van der Waals surface area contributed by atoms with Gasteiger partial charge in [-0.25, -0.2) is 0 Å². The molecule has 2 aromatic carbocycles. The van der Waals surface area contributed by atoms with Crippen LogP contribution in [0.2, 0.25) is 0 Å². The van der Waals surface area contributed by atoms with Crippen molar-refractivity contribution >= 4 is 29.3 Å². The number of thioether (sulfide) groups is 1. The van der Waals surface area contributed by atoms with E-state index in [0.29, 0.717) is 18.7 Å². The molecule has 0 spiro atoms. The van der Waals surface area contributed by atoms with Crippen molar-refractivity contribution in [2.24, 2.45) is 0 Å². The van der Waals surface area contributed by atoms with E-state index in [-0.39, 0.29) is 18.4 Å². The normalized spacial score (nSPS) is 13.6. The fraction of sp³-hybridized carbons (Fsp3) is 0.333.